The molecule has 5 rings (SSSR count). The predicted octanol–water partition coefficient (Wildman–Crippen LogP) is 4.92. The summed E-state index contributed by atoms with van der Waals surface area (Å²) >= 11 is 7.48. The zero-order valence-electron chi connectivity index (χ0n) is 19.7. The van der Waals surface area contributed by atoms with Crippen LogP contribution < -0.4 is 10.1 Å². The molecule has 0 unspecified atom stereocenters. The van der Waals surface area contributed by atoms with E-state index < -0.39 is 0 Å². The highest BCUT2D eigenvalue weighted by Crippen LogP contribution is 2.40. The third-order valence-corrected chi connectivity index (χ3v) is 8.81. The van der Waals surface area contributed by atoms with Gasteiger partial charge in [0.05, 0.1) is 12.7 Å². The van der Waals surface area contributed by atoms with Crippen molar-refractivity contribution in [1.29, 1.82) is 0 Å². The SMILES string of the molecule is COc1cc(CC(=S)C[C@H]2CCc3sc(CC(=O)C4CC4)c(C(=O)NCC4CC4)c3C2)ccn1. The van der Waals surface area contributed by atoms with Gasteiger partial charge in [-0.25, -0.2) is 4.98 Å². The van der Waals surface area contributed by atoms with Gasteiger partial charge in [0.15, 0.2) is 0 Å². The summed E-state index contributed by atoms with van der Waals surface area (Å²) in [6.45, 7) is 0.752. The number of aromatic nitrogens is 1. The molecule has 5 nitrogen and oxygen atoms in total. The van der Waals surface area contributed by atoms with E-state index in [9.17, 15) is 9.59 Å². The predicted molar refractivity (Wildman–Crippen MR) is 138 cm³/mol. The summed E-state index contributed by atoms with van der Waals surface area (Å²) in [7, 11) is 1.62. The number of hydrogen-bond acceptors (Lipinski definition) is 6. The molecule has 1 N–H and O–H groups in total. The van der Waals surface area contributed by atoms with Crippen molar-refractivity contribution in [3.05, 3.63) is 44.8 Å². The lowest BCUT2D eigenvalue weighted by atomic mass is 9.82. The van der Waals surface area contributed by atoms with E-state index >= 15 is 0 Å². The summed E-state index contributed by atoms with van der Waals surface area (Å²) in [4.78, 5) is 33.4. The second kappa shape index (κ2) is 10.2. The average molecular weight is 497 g/mol. The lowest BCUT2D eigenvalue weighted by Crippen LogP contribution is -2.28. The van der Waals surface area contributed by atoms with Crippen LogP contribution in [0.4, 0.5) is 0 Å². The molecule has 0 aliphatic heterocycles. The number of hydrogen-bond donors (Lipinski definition) is 1. The maximum atomic E-state index is 13.3. The first-order chi connectivity index (χ1) is 16.5. The van der Waals surface area contributed by atoms with Crippen molar-refractivity contribution in [2.24, 2.45) is 17.8 Å². The van der Waals surface area contributed by atoms with Gasteiger partial charge in [0.1, 0.15) is 5.78 Å². The van der Waals surface area contributed by atoms with Gasteiger partial charge < -0.3 is 10.1 Å². The summed E-state index contributed by atoms with van der Waals surface area (Å²) in [6.07, 6.45) is 11.1. The molecule has 0 spiro atoms. The van der Waals surface area contributed by atoms with Crippen molar-refractivity contribution < 1.29 is 14.3 Å². The van der Waals surface area contributed by atoms with Crippen LogP contribution in [0.15, 0.2) is 18.3 Å². The van der Waals surface area contributed by atoms with Gasteiger partial charge in [-0.3, -0.25) is 9.59 Å². The Labute approximate surface area is 210 Å². The van der Waals surface area contributed by atoms with Crippen molar-refractivity contribution in [2.45, 2.75) is 64.2 Å². The van der Waals surface area contributed by atoms with Crippen LogP contribution in [-0.4, -0.2) is 35.2 Å². The standard InChI is InChI=1S/C27H32N2O3S2/c1-32-25-13-18(8-9-28-25)11-20(33)10-17-4-7-23-21(12-17)26(27(31)29-15-16-2-3-16)24(34-23)14-22(30)19-5-6-19/h8-9,13,16-17,19H,2-7,10-12,14-15H2,1H3,(H,29,31)/t17-/m1/s1. The number of ketones is 1. The normalized spacial score (nSPS) is 19.4. The summed E-state index contributed by atoms with van der Waals surface area (Å²) in [6, 6.07) is 3.92. The Kier molecular flexibility index (Phi) is 7.11. The molecule has 2 aromatic rings. The van der Waals surface area contributed by atoms with E-state index in [0.29, 0.717) is 29.9 Å². The average Bonchev–Trinajstić information content (AvgIpc) is 3.74. The zero-order chi connectivity index (χ0) is 23.7. The molecule has 2 aromatic heterocycles. The third kappa shape index (κ3) is 5.74. The molecule has 180 valence electrons. The number of aryl methyl sites for hydroxylation is 1. The van der Waals surface area contributed by atoms with Crippen molar-refractivity contribution >= 4 is 40.1 Å². The Balaban J connectivity index is 1.29. The molecular weight excluding hydrogens is 464 g/mol. The van der Waals surface area contributed by atoms with E-state index in [1.807, 2.05) is 12.1 Å². The van der Waals surface area contributed by atoms with Gasteiger partial charge in [-0.15, -0.1) is 11.3 Å². The lowest BCUT2D eigenvalue weighted by molar-refractivity contribution is -0.119. The van der Waals surface area contributed by atoms with Gasteiger partial charge in [0.25, 0.3) is 5.91 Å². The van der Waals surface area contributed by atoms with E-state index in [1.165, 1.54) is 23.3 Å². The first-order valence-corrected chi connectivity index (χ1v) is 13.7. The number of nitrogens with one attached hydrogen (secondary N) is 1. The third-order valence-electron chi connectivity index (χ3n) is 7.20. The molecule has 0 saturated heterocycles. The smallest absolute Gasteiger partial charge is 0.252 e. The number of amides is 1. The van der Waals surface area contributed by atoms with Crippen molar-refractivity contribution in [1.82, 2.24) is 10.3 Å². The molecule has 2 saturated carbocycles. The van der Waals surface area contributed by atoms with E-state index in [1.54, 1.807) is 24.6 Å². The Morgan fingerprint density at radius 1 is 1.18 bits per heavy atom. The fourth-order valence-electron chi connectivity index (χ4n) is 4.92. The molecule has 3 aliphatic rings. The van der Waals surface area contributed by atoms with Crippen LogP contribution in [0.5, 0.6) is 5.88 Å². The monoisotopic (exact) mass is 496 g/mol. The highest BCUT2D eigenvalue weighted by Gasteiger charge is 2.34. The number of rotatable bonds is 11. The van der Waals surface area contributed by atoms with Gasteiger partial charge >= 0.3 is 0 Å². The minimum atomic E-state index is 0.0232. The minimum absolute atomic E-state index is 0.0232. The lowest BCUT2D eigenvalue weighted by Gasteiger charge is -2.23. The van der Waals surface area contributed by atoms with Crippen molar-refractivity contribution in [3.63, 3.8) is 0 Å². The topological polar surface area (TPSA) is 68.3 Å². The summed E-state index contributed by atoms with van der Waals surface area (Å²) < 4.78 is 5.23. The number of carbonyl (C=O) groups is 2. The second-order valence-electron chi connectivity index (χ2n) is 10.1. The van der Waals surface area contributed by atoms with Crippen LogP contribution in [0.3, 0.4) is 0 Å². The number of thiophene rings is 1. The molecule has 0 aromatic carbocycles. The highest BCUT2D eigenvalue weighted by molar-refractivity contribution is 7.80. The van der Waals surface area contributed by atoms with Gasteiger partial charge in [0, 0.05) is 47.3 Å². The Morgan fingerprint density at radius 2 is 2.00 bits per heavy atom. The van der Waals surface area contributed by atoms with Crippen molar-refractivity contribution in [3.8, 4) is 5.88 Å². The van der Waals surface area contributed by atoms with E-state index in [2.05, 4.69) is 10.3 Å². The van der Waals surface area contributed by atoms with Crippen LogP contribution in [0.1, 0.15) is 69.8 Å². The molecule has 7 heteroatoms. The minimum Gasteiger partial charge on any atom is -0.481 e. The summed E-state index contributed by atoms with van der Waals surface area (Å²) in [5.41, 5.74) is 3.11. The van der Waals surface area contributed by atoms with Crippen LogP contribution in [0.25, 0.3) is 0 Å². The molecule has 34 heavy (non-hydrogen) atoms. The molecule has 2 heterocycles. The summed E-state index contributed by atoms with van der Waals surface area (Å²) in [5, 5.41) is 3.17. The van der Waals surface area contributed by atoms with Gasteiger partial charge in [-0.1, -0.05) is 12.2 Å². The first kappa shape index (κ1) is 23.6. The van der Waals surface area contributed by atoms with Crippen LogP contribution in [0, 0.1) is 17.8 Å². The number of nitrogens with zero attached hydrogens (tertiary/aromatic N) is 1. The number of Topliss-reactive ketones (excluding diaryl/α,β-unsaturated/α-hetero) is 1. The number of carbonyl (C=O) groups excluding carboxylic acids is 2. The second-order valence-corrected chi connectivity index (χ2v) is 11.9. The maximum absolute atomic E-state index is 13.3. The number of pyridine rings is 1. The summed E-state index contributed by atoms with van der Waals surface area (Å²) in [5.74, 6) is 2.22. The first-order valence-electron chi connectivity index (χ1n) is 12.4. The van der Waals surface area contributed by atoms with E-state index in [-0.39, 0.29) is 11.8 Å². The Bertz CT molecular complexity index is 1100. The van der Waals surface area contributed by atoms with Crippen LogP contribution in [0.2, 0.25) is 0 Å². The van der Waals surface area contributed by atoms with E-state index in [4.69, 9.17) is 17.0 Å². The number of thiocarbonyl (C=S) groups is 1. The largest absolute Gasteiger partial charge is 0.481 e. The van der Waals surface area contributed by atoms with E-state index in [0.717, 1.165) is 72.4 Å². The molecule has 2 fully saturated rings. The Morgan fingerprint density at radius 3 is 2.74 bits per heavy atom. The van der Waals surface area contributed by atoms with Crippen molar-refractivity contribution in [2.75, 3.05) is 13.7 Å². The molecular formula is C27H32N2O3S2. The molecule has 1 atom stereocenters. The number of fused-ring (bicyclic) bond motifs is 1. The number of ether oxygens (including phenoxy) is 1. The fourth-order valence-corrected chi connectivity index (χ4v) is 6.69. The molecule has 0 radical (unpaired) electrons. The van der Waals surface area contributed by atoms with Gasteiger partial charge in [0.2, 0.25) is 5.88 Å². The Hall–Kier alpha value is -2.12. The fraction of sp³-hybridized carbons (Fsp3) is 0.556. The number of methoxy groups -OCH3 is 1. The highest BCUT2D eigenvalue weighted by atomic mass is 32.1. The molecule has 3 aliphatic carbocycles. The molecule has 0 bridgehead atoms. The van der Waals surface area contributed by atoms with Crippen LogP contribution in [-0.2, 0) is 30.5 Å². The molecule has 1 amide bonds. The zero-order valence-corrected chi connectivity index (χ0v) is 21.4. The van der Waals surface area contributed by atoms with Gasteiger partial charge in [-0.05, 0) is 85.3 Å². The van der Waals surface area contributed by atoms with Gasteiger partial charge in [-0.2, -0.15) is 0 Å². The maximum Gasteiger partial charge on any atom is 0.252 e. The van der Waals surface area contributed by atoms with Crippen LogP contribution >= 0.6 is 23.6 Å². The quantitative estimate of drug-likeness (QED) is 0.447.